The van der Waals surface area contributed by atoms with E-state index in [1.807, 2.05) is 26.1 Å². The molecule has 0 fully saturated rings. The third kappa shape index (κ3) is 5.39. The molecule has 1 rings (SSSR count). The first-order chi connectivity index (χ1) is 9.19. The van der Waals surface area contributed by atoms with Crippen molar-refractivity contribution in [3.05, 3.63) is 30.1 Å². The Morgan fingerprint density at radius 1 is 1.37 bits per heavy atom. The van der Waals surface area contributed by atoms with Gasteiger partial charge in [-0.05, 0) is 44.5 Å². The van der Waals surface area contributed by atoms with Crippen molar-refractivity contribution in [2.45, 2.75) is 39.2 Å². The van der Waals surface area contributed by atoms with Crippen LogP contribution in [0.5, 0.6) is 0 Å². The first-order valence-electron chi connectivity index (χ1n) is 6.94. The molecule has 0 bridgehead atoms. The predicted molar refractivity (Wildman–Crippen MR) is 75.9 cm³/mol. The van der Waals surface area contributed by atoms with Crippen LogP contribution in [0.2, 0.25) is 0 Å². The van der Waals surface area contributed by atoms with Crippen molar-refractivity contribution in [3.63, 3.8) is 0 Å². The van der Waals surface area contributed by atoms with Crippen LogP contribution < -0.4 is 0 Å². The van der Waals surface area contributed by atoms with Crippen LogP contribution in [-0.4, -0.2) is 42.1 Å². The number of ether oxygens (including phenoxy) is 1. The maximum Gasteiger partial charge on any atom is 0.323 e. The Bertz CT molecular complexity index is 368. The highest BCUT2D eigenvalue weighted by Gasteiger charge is 2.23. The van der Waals surface area contributed by atoms with Crippen LogP contribution in [-0.2, 0) is 16.0 Å². The lowest BCUT2D eigenvalue weighted by Crippen LogP contribution is -2.40. The number of nitrogens with zero attached hydrogens (tertiary/aromatic N) is 2. The zero-order valence-electron chi connectivity index (χ0n) is 12.1. The number of esters is 1. The topological polar surface area (TPSA) is 42.4 Å². The molecule has 0 spiro atoms. The zero-order valence-corrected chi connectivity index (χ0v) is 12.1. The van der Waals surface area contributed by atoms with E-state index in [9.17, 15) is 4.79 Å². The number of hydrogen-bond donors (Lipinski definition) is 0. The smallest absolute Gasteiger partial charge is 0.323 e. The fraction of sp³-hybridized carbons (Fsp3) is 0.600. The summed E-state index contributed by atoms with van der Waals surface area (Å²) in [6.45, 7) is 5.21. The maximum atomic E-state index is 11.9. The molecule has 1 atom stereocenters. The molecule has 0 N–H and O–H groups in total. The lowest BCUT2D eigenvalue weighted by Gasteiger charge is -2.26. The second-order valence-electron chi connectivity index (χ2n) is 4.64. The summed E-state index contributed by atoms with van der Waals surface area (Å²) in [5, 5.41) is 0. The van der Waals surface area contributed by atoms with Crippen LogP contribution in [0.1, 0.15) is 32.3 Å². The summed E-state index contributed by atoms with van der Waals surface area (Å²) < 4.78 is 5.14. The number of hydrogen-bond acceptors (Lipinski definition) is 4. The van der Waals surface area contributed by atoms with E-state index in [4.69, 9.17) is 4.74 Å². The Labute approximate surface area is 115 Å². The first-order valence-corrected chi connectivity index (χ1v) is 6.94. The summed E-state index contributed by atoms with van der Waals surface area (Å²) in [6, 6.07) is 3.88. The van der Waals surface area contributed by atoms with Gasteiger partial charge in [-0.2, -0.15) is 0 Å². The zero-order chi connectivity index (χ0) is 14.1. The maximum absolute atomic E-state index is 11.9. The summed E-state index contributed by atoms with van der Waals surface area (Å²) >= 11 is 0. The highest BCUT2D eigenvalue weighted by Crippen LogP contribution is 2.09. The summed E-state index contributed by atoms with van der Waals surface area (Å²) in [4.78, 5) is 18.0. The summed E-state index contributed by atoms with van der Waals surface area (Å²) in [7, 11) is 1.98. The van der Waals surface area contributed by atoms with Gasteiger partial charge in [0, 0.05) is 18.9 Å². The van der Waals surface area contributed by atoms with Crippen LogP contribution in [0.15, 0.2) is 24.5 Å². The summed E-state index contributed by atoms with van der Waals surface area (Å²) in [5.74, 6) is -0.110. The van der Waals surface area contributed by atoms with E-state index in [0.29, 0.717) is 6.61 Å². The van der Waals surface area contributed by atoms with Gasteiger partial charge in [-0.25, -0.2) is 0 Å². The van der Waals surface area contributed by atoms with Crippen molar-refractivity contribution < 1.29 is 9.53 Å². The monoisotopic (exact) mass is 264 g/mol. The largest absolute Gasteiger partial charge is 0.465 e. The van der Waals surface area contributed by atoms with Gasteiger partial charge in [-0.1, -0.05) is 13.3 Å². The molecule has 106 valence electrons. The molecule has 19 heavy (non-hydrogen) atoms. The van der Waals surface area contributed by atoms with Crippen LogP contribution in [0.25, 0.3) is 0 Å². The van der Waals surface area contributed by atoms with Gasteiger partial charge < -0.3 is 4.74 Å². The normalized spacial score (nSPS) is 12.4. The molecule has 0 aliphatic carbocycles. The molecule has 1 aromatic heterocycles. The van der Waals surface area contributed by atoms with Crippen molar-refractivity contribution in [3.8, 4) is 0 Å². The van der Waals surface area contributed by atoms with E-state index in [1.54, 1.807) is 12.4 Å². The van der Waals surface area contributed by atoms with Crippen LogP contribution in [0.4, 0.5) is 0 Å². The Morgan fingerprint density at radius 3 is 2.63 bits per heavy atom. The Balaban J connectivity index is 2.52. The second-order valence-corrected chi connectivity index (χ2v) is 4.64. The van der Waals surface area contributed by atoms with E-state index in [-0.39, 0.29) is 12.0 Å². The van der Waals surface area contributed by atoms with E-state index in [2.05, 4.69) is 16.8 Å². The van der Waals surface area contributed by atoms with Crippen molar-refractivity contribution in [2.24, 2.45) is 0 Å². The molecule has 4 nitrogen and oxygen atoms in total. The molecule has 0 saturated carbocycles. The van der Waals surface area contributed by atoms with Crippen molar-refractivity contribution in [1.82, 2.24) is 9.88 Å². The van der Waals surface area contributed by atoms with E-state index < -0.39 is 0 Å². The quantitative estimate of drug-likeness (QED) is 0.676. The van der Waals surface area contributed by atoms with Crippen molar-refractivity contribution in [1.29, 1.82) is 0 Å². The highest BCUT2D eigenvalue weighted by molar-refractivity contribution is 5.75. The number of carbonyl (C=O) groups is 1. The lowest BCUT2D eigenvalue weighted by atomic mass is 10.1. The SMILES string of the molecule is CCCC(C(=O)OCC)N(C)CCc1ccncc1. The molecule has 1 unspecified atom stereocenters. The second kappa shape index (κ2) is 8.64. The molecule has 1 heterocycles. The average molecular weight is 264 g/mol. The highest BCUT2D eigenvalue weighted by atomic mass is 16.5. The third-order valence-electron chi connectivity index (χ3n) is 3.16. The summed E-state index contributed by atoms with van der Waals surface area (Å²) in [6.07, 6.45) is 6.32. The molecule has 0 aliphatic heterocycles. The third-order valence-corrected chi connectivity index (χ3v) is 3.16. The van der Waals surface area contributed by atoms with Gasteiger partial charge in [0.1, 0.15) is 6.04 Å². The molecule has 1 aromatic rings. The minimum Gasteiger partial charge on any atom is -0.465 e. The molecule has 4 heteroatoms. The number of likely N-dealkylation sites (N-methyl/N-ethyl adjacent to an activating group) is 1. The lowest BCUT2D eigenvalue weighted by molar-refractivity contribution is -0.149. The Morgan fingerprint density at radius 2 is 2.05 bits per heavy atom. The predicted octanol–water partition coefficient (Wildman–Crippen LogP) is 2.29. The van der Waals surface area contributed by atoms with Gasteiger partial charge in [-0.15, -0.1) is 0 Å². The van der Waals surface area contributed by atoms with Gasteiger partial charge in [0.15, 0.2) is 0 Å². The van der Waals surface area contributed by atoms with Crippen LogP contribution in [0.3, 0.4) is 0 Å². The van der Waals surface area contributed by atoms with Crippen LogP contribution >= 0.6 is 0 Å². The first kappa shape index (κ1) is 15.6. The van der Waals surface area contributed by atoms with Crippen molar-refractivity contribution >= 4 is 5.97 Å². The van der Waals surface area contributed by atoms with Gasteiger partial charge in [-0.3, -0.25) is 14.7 Å². The van der Waals surface area contributed by atoms with Gasteiger partial charge in [0.05, 0.1) is 6.61 Å². The molecule has 0 aromatic carbocycles. The van der Waals surface area contributed by atoms with Crippen molar-refractivity contribution in [2.75, 3.05) is 20.2 Å². The fourth-order valence-electron chi connectivity index (χ4n) is 2.04. The van der Waals surface area contributed by atoms with Gasteiger partial charge in [0.2, 0.25) is 0 Å². The van der Waals surface area contributed by atoms with E-state index in [1.165, 1.54) is 5.56 Å². The van der Waals surface area contributed by atoms with E-state index >= 15 is 0 Å². The minimum absolute atomic E-state index is 0.110. The molecule has 0 saturated heterocycles. The number of aromatic nitrogens is 1. The Hall–Kier alpha value is -1.42. The molecule has 0 aliphatic rings. The van der Waals surface area contributed by atoms with E-state index in [0.717, 1.165) is 25.8 Å². The molecular formula is C15H24N2O2. The number of rotatable bonds is 8. The Kier molecular flexibility index (Phi) is 7.11. The fourth-order valence-corrected chi connectivity index (χ4v) is 2.04. The van der Waals surface area contributed by atoms with Gasteiger partial charge >= 0.3 is 5.97 Å². The summed E-state index contributed by atoms with van der Waals surface area (Å²) in [5.41, 5.74) is 1.24. The van der Waals surface area contributed by atoms with Gasteiger partial charge in [0.25, 0.3) is 0 Å². The minimum atomic E-state index is -0.133. The number of pyridine rings is 1. The van der Waals surface area contributed by atoms with Crippen LogP contribution in [0, 0.1) is 0 Å². The standard InChI is InChI=1S/C15H24N2O2/c1-4-6-14(15(18)19-5-2)17(3)12-9-13-7-10-16-11-8-13/h7-8,10-11,14H,4-6,9,12H2,1-3H3. The average Bonchev–Trinajstić information content (AvgIpc) is 2.43. The molecule has 0 radical (unpaired) electrons. The number of carbonyl (C=O) groups excluding carboxylic acids is 1. The molecular weight excluding hydrogens is 240 g/mol. The molecule has 0 amide bonds.